The van der Waals surface area contributed by atoms with Crippen molar-refractivity contribution in [3.63, 3.8) is 0 Å². The number of nitrogens with zero attached hydrogens (tertiary/aromatic N) is 4. The first kappa shape index (κ1) is 22.4. The molecule has 1 aliphatic heterocycles. The van der Waals surface area contributed by atoms with Gasteiger partial charge in [-0.05, 0) is 32.0 Å². The Morgan fingerprint density at radius 1 is 1.27 bits per heavy atom. The summed E-state index contributed by atoms with van der Waals surface area (Å²) in [4.78, 5) is 17.5. The fourth-order valence-corrected chi connectivity index (χ4v) is 3.83. The Hall–Kier alpha value is -3.77. The maximum atomic E-state index is 14.3. The summed E-state index contributed by atoms with van der Waals surface area (Å²) in [5.74, 6) is -1.28. The lowest BCUT2D eigenvalue weighted by atomic mass is 10.0. The van der Waals surface area contributed by atoms with E-state index >= 15 is 0 Å². The van der Waals surface area contributed by atoms with Gasteiger partial charge in [0.1, 0.15) is 11.6 Å². The molecule has 0 fully saturated rings. The molecule has 0 unspecified atom stereocenters. The minimum atomic E-state index is -0.640. The summed E-state index contributed by atoms with van der Waals surface area (Å²) < 4.78 is 29.4. The van der Waals surface area contributed by atoms with Gasteiger partial charge < -0.3 is 10.2 Å². The zero-order valence-electron chi connectivity index (χ0n) is 18.3. The third kappa shape index (κ3) is 5.02. The van der Waals surface area contributed by atoms with E-state index in [-0.39, 0.29) is 12.6 Å². The van der Waals surface area contributed by atoms with E-state index in [4.69, 9.17) is 9.94 Å². The molecule has 0 atom stereocenters. The minimum Gasteiger partial charge on any atom is -0.351 e. The second-order valence-corrected chi connectivity index (χ2v) is 8.15. The molecule has 1 amide bonds. The van der Waals surface area contributed by atoms with E-state index in [9.17, 15) is 18.8 Å². The van der Waals surface area contributed by atoms with Crippen molar-refractivity contribution >= 4 is 6.09 Å². The monoisotopic (exact) mass is 451 g/mol. The van der Waals surface area contributed by atoms with Gasteiger partial charge in [0.25, 0.3) is 0 Å². The van der Waals surface area contributed by atoms with Crippen LogP contribution in [0.1, 0.15) is 36.2 Å². The molecule has 3 aromatic rings. The molecule has 170 valence electrons. The van der Waals surface area contributed by atoms with Gasteiger partial charge in [-0.25, -0.2) is 13.6 Å². The first-order chi connectivity index (χ1) is 15.8. The van der Waals surface area contributed by atoms with Crippen LogP contribution in [0, 0.1) is 23.0 Å². The van der Waals surface area contributed by atoms with Crippen molar-refractivity contribution in [1.82, 2.24) is 20.2 Å². The number of carbonyl (C=O) groups is 1. The third-order valence-electron chi connectivity index (χ3n) is 5.32. The Morgan fingerprint density at radius 2 is 2.09 bits per heavy atom. The number of nitriles is 1. The van der Waals surface area contributed by atoms with Crippen molar-refractivity contribution < 1.29 is 18.4 Å². The highest BCUT2D eigenvalue weighted by atomic mass is 19.1. The lowest BCUT2D eigenvalue weighted by Gasteiger charge is -2.26. The lowest BCUT2D eigenvalue weighted by Crippen LogP contribution is -2.39. The molecular weight excluding hydrogens is 428 g/mol. The van der Waals surface area contributed by atoms with Gasteiger partial charge >= 0.3 is 6.09 Å². The first-order valence-corrected chi connectivity index (χ1v) is 10.6. The van der Waals surface area contributed by atoms with Crippen molar-refractivity contribution in [3.8, 4) is 17.3 Å². The highest BCUT2D eigenvalue weighted by molar-refractivity contribution is 5.68. The molecule has 7 nitrogen and oxygen atoms in total. The summed E-state index contributed by atoms with van der Waals surface area (Å²) >= 11 is 0. The third-order valence-corrected chi connectivity index (χ3v) is 5.32. The summed E-state index contributed by atoms with van der Waals surface area (Å²) in [7, 11) is 0. The fraction of sp³-hybridized carbons (Fsp3) is 0.292. The molecule has 9 heteroatoms. The van der Waals surface area contributed by atoms with E-state index in [2.05, 4.69) is 11.4 Å². The summed E-state index contributed by atoms with van der Waals surface area (Å²) in [6.07, 6.45) is -0.0276. The largest absolute Gasteiger partial charge is 0.426 e. The molecule has 2 heterocycles. The Labute approximate surface area is 190 Å². The van der Waals surface area contributed by atoms with E-state index in [0.717, 1.165) is 22.9 Å². The van der Waals surface area contributed by atoms with Gasteiger partial charge in [0.15, 0.2) is 0 Å². The molecule has 0 radical (unpaired) electrons. The summed E-state index contributed by atoms with van der Waals surface area (Å²) in [5.41, 5.74) is 3.87. The SMILES string of the molecule is CC(C)NC(=O)ON1CCc2c(c(-c3cccc(C#N)c3)nn2Cc2ccc(F)cc2F)C1. The summed E-state index contributed by atoms with van der Waals surface area (Å²) in [6, 6.07) is 12.6. The van der Waals surface area contributed by atoms with Crippen LogP contribution in [0.5, 0.6) is 0 Å². The number of hydrogen-bond acceptors (Lipinski definition) is 5. The lowest BCUT2D eigenvalue weighted by molar-refractivity contribution is -0.111. The van der Waals surface area contributed by atoms with Gasteiger partial charge in [-0.2, -0.15) is 10.4 Å². The second kappa shape index (κ2) is 9.38. The highest BCUT2D eigenvalue weighted by Gasteiger charge is 2.28. The van der Waals surface area contributed by atoms with Gasteiger partial charge in [-0.15, -0.1) is 5.06 Å². The standard InChI is InChI=1S/C24H23F2N5O2/c1-15(2)28-24(32)33-30-9-8-22-20(14-30)23(17-5-3-4-16(10-17)12-27)29-31(22)13-18-6-7-19(25)11-21(18)26/h3-7,10-11,15H,8-9,13-14H2,1-2H3,(H,28,32). The van der Waals surface area contributed by atoms with Crippen LogP contribution in [-0.2, 0) is 24.3 Å². The van der Waals surface area contributed by atoms with Crippen molar-refractivity contribution in [2.75, 3.05) is 6.54 Å². The molecule has 1 aromatic heterocycles. The van der Waals surface area contributed by atoms with Gasteiger partial charge in [-0.1, -0.05) is 18.2 Å². The number of rotatable bonds is 5. The van der Waals surface area contributed by atoms with Crippen molar-refractivity contribution in [2.45, 2.75) is 39.4 Å². The molecule has 1 aliphatic rings. The molecular formula is C24H23F2N5O2. The van der Waals surface area contributed by atoms with Crippen molar-refractivity contribution in [2.24, 2.45) is 0 Å². The molecule has 0 saturated heterocycles. The number of hydrogen-bond donors (Lipinski definition) is 1. The van der Waals surface area contributed by atoms with Gasteiger partial charge in [0.2, 0.25) is 0 Å². The number of nitrogens with one attached hydrogen (secondary N) is 1. The Morgan fingerprint density at radius 3 is 2.82 bits per heavy atom. The molecule has 0 spiro atoms. The highest BCUT2D eigenvalue weighted by Crippen LogP contribution is 2.31. The predicted octanol–water partition coefficient (Wildman–Crippen LogP) is 4.16. The zero-order valence-corrected chi connectivity index (χ0v) is 18.3. The maximum absolute atomic E-state index is 14.3. The van der Waals surface area contributed by atoms with Crippen LogP contribution < -0.4 is 5.32 Å². The van der Waals surface area contributed by atoms with E-state index in [1.54, 1.807) is 27.9 Å². The predicted molar refractivity (Wildman–Crippen MR) is 117 cm³/mol. The van der Waals surface area contributed by atoms with E-state index in [1.165, 1.54) is 12.1 Å². The number of carbonyl (C=O) groups excluding carboxylic acids is 1. The summed E-state index contributed by atoms with van der Waals surface area (Å²) in [6.45, 7) is 4.54. The van der Waals surface area contributed by atoms with Crippen LogP contribution in [0.2, 0.25) is 0 Å². The van der Waals surface area contributed by atoms with Gasteiger partial charge in [-0.3, -0.25) is 4.68 Å². The van der Waals surface area contributed by atoms with E-state index < -0.39 is 17.7 Å². The topological polar surface area (TPSA) is 83.2 Å². The number of amides is 1. The number of aromatic nitrogens is 2. The normalized spacial score (nSPS) is 13.5. The second-order valence-electron chi connectivity index (χ2n) is 8.15. The fourth-order valence-electron chi connectivity index (χ4n) is 3.83. The quantitative estimate of drug-likeness (QED) is 0.630. The van der Waals surface area contributed by atoms with Crippen molar-refractivity contribution in [1.29, 1.82) is 5.26 Å². The molecule has 0 bridgehead atoms. The van der Waals surface area contributed by atoms with Crippen LogP contribution in [-0.4, -0.2) is 33.5 Å². The number of fused-ring (bicyclic) bond motifs is 1. The molecule has 4 rings (SSSR count). The first-order valence-electron chi connectivity index (χ1n) is 10.6. The maximum Gasteiger partial charge on any atom is 0.426 e. The molecule has 1 N–H and O–H groups in total. The average molecular weight is 451 g/mol. The van der Waals surface area contributed by atoms with Gasteiger partial charge in [0, 0.05) is 47.5 Å². The zero-order chi connectivity index (χ0) is 23.5. The van der Waals surface area contributed by atoms with Crippen LogP contribution in [0.15, 0.2) is 42.5 Å². The number of halogens is 2. The Balaban J connectivity index is 1.70. The molecule has 0 aliphatic carbocycles. The average Bonchev–Trinajstić information content (AvgIpc) is 3.12. The van der Waals surface area contributed by atoms with Crippen LogP contribution >= 0.6 is 0 Å². The Kier molecular flexibility index (Phi) is 6.38. The van der Waals surface area contributed by atoms with Crippen molar-refractivity contribution in [3.05, 3.63) is 76.5 Å². The van der Waals surface area contributed by atoms with E-state index in [1.807, 2.05) is 19.9 Å². The van der Waals surface area contributed by atoms with E-state index in [0.29, 0.717) is 36.3 Å². The molecule has 0 saturated carbocycles. The summed E-state index contributed by atoms with van der Waals surface area (Å²) in [5, 5.41) is 18.3. The smallest absolute Gasteiger partial charge is 0.351 e. The van der Waals surface area contributed by atoms with Crippen LogP contribution in [0.25, 0.3) is 11.3 Å². The van der Waals surface area contributed by atoms with Crippen LogP contribution in [0.3, 0.4) is 0 Å². The number of hydroxylamine groups is 2. The minimum absolute atomic E-state index is 0.0597. The Bertz CT molecular complexity index is 1230. The number of benzene rings is 2. The van der Waals surface area contributed by atoms with Crippen LogP contribution in [0.4, 0.5) is 13.6 Å². The van der Waals surface area contributed by atoms with Gasteiger partial charge in [0.05, 0.1) is 30.4 Å². The molecule has 33 heavy (non-hydrogen) atoms. The molecule has 2 aromatic carbocycles.